The molecular formula is C27H30N4O3. The van der Waals surface area contributed by atoms with Gasteiger partial charge in [-0.3, -0.25) is 25.2 Å². The van der Waals surface area contributed by atoms with Gasteiger partial charge in [0.1, 0.15) is 6.04 Å². The summed E-state index contributed by atoms with van der Waals surface area (Å²) in [6, 6.07) is 24.4. The lowest BCUT2D eigenvalue weighted by Crippen LogP contribution is -2.53. The highest BCUT2D eigenvalue weighted by molar-refractivity contribution is 5.99. The first-order valence-corrected chi connectivity index (χ1v) is 11.4. The summed E-state index contributed by atoms with van der Waals surface area (Å²) in [7, 11) is 0. The summed E-state index contributed by atoms with van der Waals surface area (Å²) in [6.45, 7) is 5.88. The maximum atomic E-state index is 12.9. The molecule has 7 nitrogen and oxygen atoms in total. The molecule has 0 unspecified atom stereocenters. The quantitative estimate of drug-likeness (QED) is 0.429. The summed E-state index contributed by atoms with van der Waals surface area (Å²) in [4.78, 5) is 40.3. The van der Waals surface area contributed by atoms with Gasteiger partial charge in [-0.25, -0.2) is 0 Å². The van der Waals surface area contributed by atoms with Gasteiger partial charge in [-0.2, -0.15) is 0 Å². The monoisotopic (exact) mass is 458 g/mol. The van der Waals surface area contributed by atoms with E-state index in [4.69, 9.17) is 0 Å². The first-order valence-electron chi connectivity index (χ1n) is 11.4. The normalized spacial score (nSPS) is 11.2. The van der Waals surface area contributed by atoms with Gasteiger partial charge in [0.2, 0.25) is 0 Å². The van der Waals surface area contributed by atoms with Gasteiger partial charge in [0.05, 0.1) is 0 Å². The summed E-state index contributed by atoms with van der Waals surface area (Å²) in [5, 5.41) is 2.77. The minimum absolute atomic E-state index is 0.277. The van der Waals surface area contributed by atoms with E-state index in [9.17, 15) is 14.4 Å². The van der Waals surface area contributed by atoms with Crippen molar-refractivity contribution in [3.8, 4) is 0 Å². The lowest BCUT2D eigenvalue weighted by Gasteiger charge is -2.21. The van der Waals surface area contributed by atoms with Crippen LogP contribution >= 0.6 is 0 Å². The Hall–Kier alpha value is -4.13. The fourth-order valence-electron chi connectivity index (χ4n) is 3.58. The molecule has 34 heavy (non-hydrogen) atoms. The summed E-state index contributed by atoms with van der Waals surface area (Å²) >= 11 is 0. The van der Waals surface area contributed by atoms with Crippen LogP contribution in [-0.2, 0) is 11.2 Å². The minimum Gasteiger partial charge on any atom is -0.372 e. The van der Waals surface area contributed by atoms with Gasteiger partial charge in [-0.1, -0.05) is 48.5 Å². The molecule has 0 radical (unpaired) electrons. The van der Waals surface area contributed by atoms with E-state index in [1.54, 1.807) is 36.4 Å². The molecule has 3 aromatic carbocycles. The zero-order valence-corrected chi connectivity index (χ0v) is 19.5. The predicted octanol–water partition coefficient (Wildman–Crippen LogP) is 3.34. The smallest absolute Gasteiger partial charge is 0.269 e. The SMILES string of the molecule is CCN(CC)c1ccc(C(=O)NNC(=O)[C@H](Cc2ccccc2)NC(=O)c2ccccc2)cc1. The van der Waals surface area contributed by atoms with Crippen LogP contribution in [0.5, 0.6) is 0 Å². The van der Waals surface area contributed by atoms with Crippen molar-refractivity contribution in [1.82, 2.24) is 16.2 Å². The highest BCUT2D eigenvalue weighted by Gasteiger charge is 2.22. The molecule has 7 heteroatoms. The van der Waals surface area contributed by atoms with Crippen molar-refractivity contribution in [1.29, 1.82) is 0 Å². The number of hydrogen-bond acceptors (Lipinski definition) is 4. The second kappa shape index (κ2) is 12.2. The highest BCUT2D eigenvalue weighted by atomic mass is 16.2. The number of nitrogens with one attached hydrogen (secondary N) is 3. The third kappa shape index (κ3) is 6.68. The van der Waals surface area contributed by atoms with Gasteiger partial charge in [0.25, 0.3) is 17.7 Å². The largest absolute Gasteiger partial charge is 0.372 e. The molecule has 3 amide bonds. The lowest BCUT2D eigenvalue weighted by atomic mass is 10.0. The topological polar surface area (TPSA) is 90.5 Å². The third-order valence-corrected chi connectivity index (χ3v) is 5.50. The average molecular weight is 459 g/mol. The molecule has 3 rings (SSSR count). The fraction of sp³-hybridized carbons (Fsp3) is 0.222. The van der Waals surface area contributed by atoms with Crippen LogP contribution in [0, 0.1) is 0 Å². The maximum Gasteiger partial charge on any atom is 0.269 e. The van der Waals surface area contributed by atoms with Crippen LogP contribution in [0.25, 0.3) is 0 Å². The van der Waals surface area contributed by atoms with Crippen LogP contribution in [-0.4, -0.2) is 36.9 Å². The standard InChI is InChI=1S/C27H30N4O3/c1-3-31(4-2)23-17-15-22(16-18-23)26(33)29-30-27(34)24(19-20-11-7-5-8-12-20)28-25(32)21-13-9-6-10-14-21/h5-18,24H,3-4,19H2,1-2H3,(H,28,32)(H,29,33)(H,30,34)/t24-/m0/s1. The van der Waals surface area contributed by atoms with Crippen molar-refractivity contribution in [3.05, 3.63) is 102 Å². The van der Waals surface area contributed by atoms with Crippen LogP contribution in [0.3, 0.4) is 0 Å². The number of hydrogen-bond donors (Lipinski definition) is 3. The first-order chi connectivity index (χ1) is 16.5. The van der Waals surface area contributed by atoms with Crippen molar-refractivity contribution in [2.24, 2.45) is 0 Å². The molecule has 0 aromatic heterocycles. The molecule has 0 aliphatic carbocycles. The summed E-state index contributed by atoms with van der Waals surface area (Å²) in [5.74, 6) is -1.32. The molecule has 1 atom stereocenters. The Morgan fingerprint density at radius 3 is 1.85 bits per heavy atom. The summed E-state index contributed by atoms with van der Waals surface area (Å²) in [6.07, 6.45) is 0.277. The van der Waals surface area contributed by atoms with Crippen molar-refractivity contribution in [3.63, 3.8) is 0 Å². The van der Waals surface area contributed by atoms with E-state index < -0.39 is 17.9 Å². The lowest BCUT2D eigenvalue weighted by molar-refractivity contribution is -0.123. The summed E-state index contributed by atoms with van der Waals surface area (Å²) in [5.41, 5.74) is 7.68. The second-order valence-corrected chi connectivity index (χ2v) is 7.74. The average Bonchev–Trinajstić information content (AvgIpc) is 2.89. The van der Waals surface area contributed by atoms with E-state index in [-0.39, 0.29) is 12.3 Å². The van der Waals surface area contributed by atoms with Crippen molar-refractivity contribution in [2.45, 2.75) is 26.3 Å². The van der Waals surface area contributed by atoms with Gasteiger partial charge in [-0.05, 0) is 55.8 Å². The van der Waals surface area contributed by atoms with E-state index >= 15 is 0 Å². The van der Waals surface area contributed by atoms with E-state index in [0.717, 1.165) is 24.3 Å². The Morgan fingerprint density at radius 2 is 1.26 bits per heavy atom. The van der Waals surface area contributed by atoms with Gasteiger partial charge < -0.3 is 10.2 Å². The van der Waals surface area contributed by atoms with Crippen LogP contribution < -0.4 is 21.1 Å². The van der Waals surface area contributed by atoms with Crippen molar-refractivity contribution < 1.29 is 14.4 Å². The van der Waals surface area contributed by atoms with Gasteiger partial charge in [-0.15, -0.1) is 0 Å². The van der Waals surface area contributed by atoms with Crippen LogP contribution in [0.4, 0.5) is 5.69 Å². The molecule has 176 valence electrons. The van der Waals surface area contributed by atoms with E-state index in [1.807, 2.05) is 48.5 Å². The van der Waals surface area contributed by atoms with Gasteiger partial charge in [0.15, 0.2) is 0 Å². The number of benzene rings is 3. The Morgan fingerprint density at radius 1 is 0.706 bits per heavy atom. The number of carbonyl (C=O) groups is 3. The number of amides is 3. The molecule has 0 heterocycles. The third-order valence-electron chi connectivity index (χ3n) is 5.50. The van der Waals surface area contributed by atoms with Gasteiger partial charge >= 0.3 is 0 Å². The van der Waals surface area contributed by atoms with Gasteiger partial charge in [0, 0.05) is 36.3 Å². The van der Waals surface area contributed by atoms with Crippen LogP contribution in [0.2, 0.25) is 0 Å². The number of anilines is 1. The molecule has 0 saturated heterocycles. The number of carbonyl (C=O) groups excluding carboxylic acids is 3. The molecule has 3 N–H and O–H groups in total. The zero-order valence-electron chi connectivity index (χ0n) is 19.5. The molecule has 0 spiro atoms. The highest BCUT2D eigenvalue weighted by Crippen LogP contribution is 2.14. The summed E-state index contributed by atoms with van der Waals surface area (Å²) < 4.78 is 0. The Balaban J connectivity index is 1.65. The first kappa shape index (κ1) is 24.5. The molecule has 0 fully saturated rings. The molecule has 0 bridgehead atoms. The Labute approximate surface area is 200 Å². The van der Waals surface area contributed by atoms with Crippen molar-refractivity contribution >= 4 is 23.4 Å². The molecule has 0 aliphatic heterocycles. The number of hydrazine groups is 1. The van der Waals surface area contributed by atoms with E-state index in [0.29, 0.717) is 11.1 Å². The van der Waals surface area contributed by atoms with Crippen LogP contribution in [0.1, 0.15) is 40.1 Å². The fourth-order valence-corrected chi connectivity index (χ4v) is 3.58. The molecular weight excluding hydrogens is 428 g/mol. The molecule has 0 aliphatic rings. The molecule has 3 aromatic rings. The Bertz CT molecular complexity index is 1080. The van der Waals surface area contributed by atoms with E-state index in [1.165, 1.54) is 0 Å². The second-order valence-electron chi connectivity index (χ2n) is 7.74. The molecule has 0 saturated carbocycles. The van der Waals surface area contributed by atoms with Crippen LogP contribution in [0.15, 0.2) is 84.9 Å². The van der Waals surface area contributed by atoms with Crippen molar-refractivity contribution in [2.75, 3.05) is 18.0 Å². The number of nitrogens with zero attached hydrogens (tertiary/aromatic N) is 1. The minimum atomic E-state index is -0.875. The zero-order chi connectivity index (χ0) is 24.3. The Kier molecular flexibility index (Phi) is 8.80. The maximum absolute atomic E-state index is 12.9. The predicted molar refractivity (Wildman–Crippen MR) is 133 cm³/mol. The van der Waals surface area contributed by atoms with E-state index in [2.05, 4.69) is 34.9 Å². The number of rotatable bonds is 9.